The molecule has 0 spiro atoms. The van der Waals surface area contributed by atoms with Gasteiger partial charge in [-0.1, -0.05) is 24.3 Å². The van der Waals surface area contributed by atoms with E-state index in [1.54, 1.807) is 20.4 Å². The van der Waals surface area contributed by atoms with Gasteiger partial charge in [0, 0.05) is 6.21 Å². The summed E-state index contributed by atoms with van der Waals surface area (Å²) >= 11 is 0. The van der Waals surface area contributed by atoms with Crippen molar-refractivity contribution in [3.05, 3.63) is 54.1 Å². The lowest BCUT2D eigenvalue weighted by Gasteiger charge is -2.03. The lowest BCUT2D eigenvalue weighted by Crippen LogP contribution is -1.86. The van der Waals surface area contributed by atoms with Gasteiger partial charge in [-0.3, -0.25) is 4.99 Å². The summed E-state index contributed by atoms with van der Waals surface area (Å²) < 4.78 is 10.4. The summed E-state index contributed by atoms with van der Waals surface area (Å²) in [4.78, 5) is 4.42. The van der Waals surface area contributed by atoms with Crippen molar-refractivity contribution < 1.29 is 9.47 Å². The number of hydrogen-bond acceptors (Lipinski definition) is 3. The maximum Gasteiger partial charge on any atom is 0.144 e. The molecule has 0 heterocycles. The molecule has 0 fully saturated rings. The molecule has 0 bridgehead atoms. The molecule has 18 heavy (non-hydrogen) atoms. The summed E-state index contributed by atoms with van der Waals surface area (Å²) in [6, 6.07) is 15.4. The number of nitrogens with zero attached hydrogens (tertiary/aromatic N) is 1. The second-order valence-electron chi connectivity index (χ2n) is 3.71. The number of methoxy groups -OCH3 is 2. The number of aliphatic imine (C=N–C) groups is 1. The minimum Gasteiger partial charge on any atom is -0.497 e. The summed E-state index contributed by atoms with van der Waals surface area (Å²) in [5, 5.41) is 0. The smallest absolute Gasteiger partial charge is 0.144 e. The first-order valence-electron chi connectivity index (χ1n) is 5.64. The van der Waals surface area contributed by atoms with E-state index in [1.165, 1.54) is 0 Å². The predicted molar refractivity (Wildman–Crippen MR) is 73.2 cm³/mol. The summed E-state index contributed by atoms with van der Waals surface area (Å²) in [6.07, 6.45) is 1.79. The molecule has 2 aromatic rings. The Kier molecular flexibility index (Phi) is 3.97. The van der Waals surface area contributed by atoms with E-state index in [0.29, 0.717) is 0 Å². The molecule has 2 rings (SSSR count). The zero-order valence-electron chi connectivity index (χ0n) is 10.5. The minimum atomic E-state index is 0.761. The van der Waals surface area contributed by atoms with Crippen LogP contribution in [0.5, 0.6) is 11.5 Å². The fraction of sp³-hybridized carbons (Fsp3) is 0.133. The standard InChI is InChI=1S/C15H15NO2/c1-17-13-7-5-6-12(10-13)11-16-14-8-3-4-9-15(14)18-2/h3-11H,1-2H3. The Bertz CT molecular complexity index is 550. The van der Waals surface area contributed by atoms with Gasteiger partial charge >= 0.3 is 0 Å². The monoisotopic (exact) mass is 241 g/mol. The topological polar surface area (TPSA) is 30.8 Å². The van der Waals surface area contributed by atoms with Crippen LogP contribution in [0.3, 0.4) is 0 Å². The molecule has 0 aliphatic carbocycles. The van der Waals surface area contributed by atoms with Gasteiger partial charge in [-0.25, -0.2) is 0 Å². The number of ether oxygens (including phenoxy) is 2. The van der Waals surface area contributed by atoms with Gasteiger partial charge in [0.15, 0.2) is 0 Å². The third-order valence-corrected chi connectivity index (χ3v) is 2.53. The van der Waals surface area contributed by atoms with E-state index in [9.17, 15) is 0 Å². The fourth-order valence-electron chi connectivity index (χ4n) is 1.60. The number of benzene rings is 2. The second kappa shape index (κ2) is 5.87. The summed E-state index contributed by atoms with van der Waals surface area (Å²) in [5.74, 6) is 1.58. The number of rotatable bonds is 4. The van der Waals surface area contributed by atoms with Gasteiger partial charge in [0.2, 0.25) is 0 Å². The molecule has 0 aliphatic rings. The Morgan fingerprint density at radius 3 is 2.56 bits per heavy atom. The molecule has 0 amide bonds. The lowest BCUT2D eigenvalue weighted by atomic mass is 10.2. The Morgan fingerprint density at radius 2 is 1.78 bits per heavy atom. The summed E-state index contributed by atoms with van der Waals surface area (Å²) in [7, 11) is 3.29. The van der Waals surface area contributed by atoms with Gasteiger partial charge in [-0.2, -0.15) is 0 Å². The molecule has 0 saturated carbocycles. The van der Waals surface area contributed by atoms with Gasteiger partial charge in [0.1, 0.15) is 17.2 Å². The van der Waals surface area contributed by atoms with E-state index in [0.717, 1.165) is 22.7 Å². The molecule has 0 radical (unpaired) electrons. The summed E-state index contributed by atoms with van der Waals surface area (Å²) in [6.45, 7) is 0. The van der Waals surface area contributed by atoms with E-state index in [-0.39, 0.29) is 0 Å². The van der Waals surface area contributed by atoms with E-state index in [1.807, 2.05) is 48.5 Å². The van der Waals surface area contributed by atoms with Crippen LogP contribution in [0.15, 0.2) is 53.5 Å². The maximum atomic E-state index is 5.24. The molecule has 0 aliphatic heterocycles. The summed E-state index contributed by atoms with van der Waals surface area (Å²) in [5.41, 5.74) is 1.79. The normalized spacial score (nSPS) is 10.6. The van der Waals surface area contributed by atoms with Crippen molar-refractivity contribution in [1.82, 2.24) is 0 Å². The van der Waals surface area contributed by atoms with Crippen molar-refractivity contribution in [3.63, 3.8) is 0 Å². The van der Waals surface area contributed by atoms with Crippen LogP contribution in [0.25, 0.3) is 0 Å². The van der Waals surface area contributed by atoms with Crippen molar-refractivity contribution in [1.29, 1.82) is 0 Å². The first-order chi connectivity index (χ1) is 8.83. The van der Waals surface area contributed by atoms with Crippen LogP contribution >= 0.6 is 0 Å². The van der Waals surface area contributed by atoms with E-state index >= 15 is 0 Å². The van der Waals surface area contributed by atoms with Gasteiger partial charge in [-0.05, 0) is 29.8 Å². The Balaban J connectivity index is 2.24. The molecule has 0 unspecified atom stereocenters. The molecule has 3 heteroatoms. The first-order valence-corrected chi connectivity index (χ1v) is 5.64. The van der Waals surface area contributed by atoms with Crippen LogP contribution in [0.4, 0.5) is 5.69 Å². The van der Waals surface area contributed by atoms with E-state index in [2.05, 4.69) is 4.99 Å². The molecule has 0 saturated heterocycles. The van der Waals surface area contributed by atoms with Crippen molar-refractivity contribution in [2.75, 3.05) is 14.2 Å². The zero-order chi connectivity index (χ0) is 12.8. The molecule has 92 valence electrons. The molecular weight excluding hydrogens is 226 g/mol. The second-order valence-corrected chi connectivity index (χ2v) is 3.71. The van der Waals surface area contributed by atoms with Crippen molar-refractivity contribution >= 4 is 11.9 Å². The molecule has 0 N–H and O–H groups in total. The van der Waals surface area contributed by atoms with E-state index < -0.39 is 0 Å². The number of hydrogen-bond donors (Lipinski definition) is 0. The highest BCUT2D eigenvalue weighted by atomic mass is 16.5. The maximum absolute atomic E-state index is 5.24. The highest BCUT2D eigenvalue weighted by molar-refractivity contribution is 5.83. The molecule has 0 aromatic heterocycles. The van der Waals surface area contributed by atoms with Crippen molar-refractivity contribution in [3.8, 4) is 11.5 Å². The van der Waals surface area contributed by atoms with E-state index in [4.69, 9.17) is 9.47 Å². The average molecular weight is 241 g/mol. The largest absolute Gasteiger partial charge is 0.497 e. The Hall–Kier alpha value is -2.29. The molecule has 0 atom stereocenters. The van der Waals surface area contributed by atoms with Crippen LogP contribution in [0, 0.1) is 0 Å². The van der Waals surface area contributed by atoms with Crippen LogP contribution < -0.4 is 9.47 Å². The first kappa shape index (κ1) is 12.2. The Labute approximate surface area is 107 Å². The average Bonchev–Trinajstić information content (AvgIpc) is 2.45. The van der Waals surface area contributed by atoms with Crippen molar-refractivity contribution in [2.24, 2.45) is 4.99 Å². The van der Waals surface area contributed by atoms with Gasteiger partial charge in [0.25, 0.3) is 0 Å². The zero-order valence-corrected chi connectivity index (χ0v) is 10.5. The van der Waals surface area contributed by atoms with Crippen LogP contribution in [-0.4, -0.2) is 20.4 Å². The van der Waals surface area contributed by atoms with Gasteiger partial charge in [0.05, 0.1) is 14.2 Å². The van der Waals surface area contributed by atoms with Gasteiger partial charge < -0.3 is 9.47 Å². The minimum absolute atomic E-state index is 0.761. The highest BCUT2D eigenvalue weighted by Crippen LogP contribution is 2.26. The third kappa shape index (κ3) is 2.88. The van der Waals surface area contributed by atoms with Crippen molar-refractivity contribution in [2.45, 2.75) is 0 Å². The Morgan fingerprint density at radius 1 is 0.944 bits per heavy atom. The quantitative estimate of drug-likeness (QED) is 0.767. The molecular formula is C15H15NO2. The highest BCUT2D eigenvalue weighted by Gasteiger charge is 1.98. The van der Waals surface area contributed by atoms with Crippen LogP contribution in [0.2, 0.25) is 0 Å². The predicted octanol–water partition coefficient (Wildman–Crippen LogP) is 3.45. The third-order valence-electron chi connectivity index (χ3n) is 2.53. The number of para-hydroxylation sites is 2. The van der Waals surface area contributed by atoms with Gasteiger partial charge in [-0.15, -0.1) is 0 Å². The SMILES string of the molecule is COc1cccc(C=Nc2ccccc2OC)c1. The fourth-order valence-corrected chi connectivity index (χ4v) is 1.60. The van der Waals surface area contributed by atoms with Crippen LogP contribution in [-0.2, 0) is 0 Å². The molecule has 3 nitrogen and oxygen atoms in total. The van der Waals surface area contributed by atoms with Crippen LogP contribution in [0.1, 0.15) is 5.56 Å². The lowest BCUT2D eigenvalue weighted by molar-refractivity contribution is 0.414. The molecule has 2 aromatic carbocycles.